The zero-order valence-corrected chi connectivity index (χ0v) is 22.9. The van der Waals surface area contributed by atoms with Gasteiger partial charge in [-0.25, -0.2) is 19.1 Å². The molecule has 1 aromatic heterocycles. The number of hydrogen-bond donors (Lipinski definition) is 3. The second kappa shape index (κ2) is 12.1. The zero-order chi connectivity index (χ0) is 29.8. The number of barbiturate groups is 1. The van der Waals surface area contributed by atoms with Crippen LogP contribution in [0.1, 0.15) is 38.2 Å². The Balaban J connectivity index is 1.54. The van der Waals surface area contributed by atoms with Crippen LogP contribution in [0, 0.1) is 11.8 Å². The van der Waals surface area contributed by atoms with Crippen molar-refractivity contribution in [3.8, 4) is 11.6 Å². The van der Waals surface area contributed by atoms with E-state index in [0.29, 0.717) is 17.3 Å². The molecule has 10 nitrogen and oxygen atoms in total. The summed E-state index contributed by atoms with van der Waals surface area (Å²) >= 11 is 0. The number of amides is 4. The quantitative estimate of drug-likeness (QED) is 0.232. The summed E-state index contributed by atoms with van der Waals surface area (Å²) in [6.07, 6.45) is 9.77. The van der Waals surface area contributed by atoms with E-state index < -0.39 is 35.0 Å². The molecule has 0 radical (unpaired) electrons. The molecule has 214 valence electrons. The van der Waals surface area contributed by atoms with Gasteiger partial charge in [-0.1, -0.05) is 68.3 Å². The minimum Gasteiger partial charge on any atom is -0.494 e. The number of aromatic hydroxyl groups is 1. The molecule has 1 aliphatic carbocycles. The SMILES string of the molecule is CC1CCC(C(/C=C/c2c(O)n(-c3ccccc3)c(=O)[nH]c2=O)=C\C=C2\C(=O)NC(=O)N(c3ccccc3)C2=O)CC1. The van der Waals surface area contributed by atoms with E-state index in [1.165, 1.54) is 12.2 Å². The smallest absolute Gasteiger partial charge is 0.335 e. The van der Waals surface area contributed by atoms with Crippen molar-refractivity contribution < 1.29 is 19.5 Å². The zero-order valence-electron chi connectivity index (χ0n) is 22.9. The number of allylic oxidation sites excluding steroid dienone is 4. The third-order valence-electron chi connectivity index (χ3n) is 7.62. The molecule has 0 bridgehead atoms. The van der Waals surface area contributed by atoms with Crippen LogP contribution < -0.4 is 21.5 Å². The monoisotopic (exact) mass is 566 g/mol. The Morgan fingerprint density at radius 2 is 1.50 bits per heavy atom. The number of nitrogens with zero attached hydrogens (tertiary/aromatic N) is 2. The Morgan fingerprint density at radius 1 is 0.881 bits per heavy atom. The average Bonchev–Trinajstić information content (AvgIpc) is 2.97. The number of benzene rings is 2. The van der Waals surface area contributed by atoms with Crippen LogP contribution in [0.15, 0.2) is 99.6 Å². The predicted octanol–water partition coefficient (Wildman–Crippen LogP) is 4.21. The van der Waals surface area contributed by atoms with Gasteiger partial charge in [0.15, 0.2) is 0 Å². The second-order valence-electron chi connectivity index (χ2n) is 10.4. The minimum absolute atomic E-state index is 0.0594. The lowest BCUT2D eigenvalue weighted by atomic mass is 9.78. The van der Waals surface area contributed by atoms with Crippen LogP contribution in [0.3, 0.4) is 0 Å². The van der Waals surface area contributed by atoms with E-state index >= 15 is 0 Å². The first kappa shape index (κ1) is 28.3. The van der Waals surface area contributed by atoms with Crippen molar-refractivity contribution in [2.24, 2.45) is 11.8 Å². The molecule has 0 spiro atoms. The fourth-order valence-corrected chi connectivity index (χ4v) is 5.27. The molecule has 2 aliphatic rings. The van der Waals surface area contributed by atoms with E-state index in [2.05, 4.69) is 17.2 Å². The largest absolute Gasteiger partial charge is 0.494 e. The molecule has 0 atom stereocenters. The van der Waals surface area contributed by atoms with Crippen LogP contribution in [0.5, 0.6) is 5.88 Å². The summed E-state index contributed by atoms with van der Waals surface area (Å²) in [7, 11) is 0. The maximum atomic E-state index is 13.3. The highest BCUT2D eigenvalue weighted by molar-refractivity contribution is 6.37. The Labute approximate surface area is 241 Å². The van der Waals surface area contributed by atoms with Crippen LogP contribution in [0.2, 0.25) is 0 Å². The van der Waals surface area contributed by atoms with Gasteiger partial charge in [0.2, 0.25) is 5.88 Å². The van der Waals surface area contributed by atoms with Crippen LogP contribution in [-0.4, -0.2) is 32.5 Å². The van der Waals surface area contributed by atoms with Crippen molar-refractivity contribution in [2.45, 2.75) is 32.6 Å². The number of hydrogen-bond acceptors (Lipinski definition) is 6. The maximum Gasteiger partial charge on any atom is 0.335 e. The summed E-state index contributed by atoms with van der Waals surface area (Å²) in [5.41, 5.74) is -0.425. The fourth-order valence-electron chi connectivity index (χ4n) is 5.27. The highest BCUT2D eigenvalue weighted by atomic mass is 16.3. The normalized spacial score (nSPS) is 20.8. The topological polar surface area (TPSA) is 142 Å². The Morgan fingerprint density at radius 3 is 2.14 bits per heavy atom. The number of imide groups is 2. The molecule has 1 aliphatic heterocycles. The van der Waals surface area contributed by atoms with Crippen molar-refractivity contribution in [1.82, 2.24) is 14.9 Å². The van der Waals surface area contributed by atoms with Crippen molar-refractivity contribution in [3.05, 3.63) is 116 Å². The molecule has 0 unspecified atom stereocenters. The molecule has 3 aromatic rings. The molecule has 10 heteroatoms. The van der Waals surface area contributed by atoms with Crippen molar-refractivity contribution in [3.63, 3.8) is 0 Å². The molecule has 2 aromatic carbocycles. The van der Waals surface area contributed by atoms with Gasteiger partial charge in [0.05, 0.1) is 11.4 Å². The van der Waals surface area contributed by atoms with Gasteiger partial charge in [-0.15, -0.1) is 0 Å². The molecular formula is C32H30N4O6. The number of nitrogens with one attached hydrogen (secondary N) is 2. The lowest BCUT2D eigenvalue weighted by Crippen LogP contribution is -2.54. The Hall–Kier alpha value is -5.25. The van der Waals surface area contributed by atoms with Crippen LogP contribution in [0.25, 0.3) is 11.8 Å². The van der Waals surface area contributed by atoms with Gasteiger partial charge in [0.25, 0.3) is 17.4 Å². The summed E-state index contributed by atoms with van der Waals surface area (Å²) in [5, 5.41) is 13.2. The first-order chi connectivity index (χ1) is 20.2. The van der Waals surface area contributed by atoms with E-state index in [1.807, 2.05) is 0 Å². The molecule has 2 heterocycles. The lowest BCUT2D eigenvalue weighted by molar-refractivity contribution is -0.122. The molecule has 5 rings (SSSR count). The van der Waals surface area contributed by atoms with Crippen molar-refractivity contribution in [2.75, 3.05) is 4.90 Å². The molecule has 3 N–H and O–H groups in total. The first-order valence-corrected chi connectivity index (χ1v) is 13.7. The van der Waals surface area contributed by atoms with Gasteiger partial charge >= 0.3 is 11.7 Å². The average molecular weight is 567 g/mol. The third kappa shape index (κ3) is 5.78. The van der Waals surface area contributed by atoms with E-state index in [-0.39, 0.29) is 17.1 Å². The molecule has 1 saturated carbocycles. The summed E-state index contributed by atoms with van der Waals surface area (Å²) < 4.78 is 1.01. The number of aromatic amines is 1. The molecule has 4 amide bonds. The highest BCUT2D eigenvalue weighted by Crippen LogP contribution is 2.34. The summed E-state index contributed by atoms with van der Waals surface area (Å²) in [4.78, 5) is 66.9. The number of carbonyl (C=O) groups excluding carboxylic acids is 3. The number of rotatable bonds is 6. The summed E-state index contributed by atoms with van der Waals surface area (Å²) in [6.45, 7) is 2.18. The number of H-pyrrole nitrogens is 1. The van der Waals surface area contributed by atoms with Gasteiger partial charge in [0, 0.05) is 0 Å². The van der Waals surface area contributed by atoms with Gasteiger partial charge < -0.3 is 5.11 Å². The Bertz CT molecular complexity index is 1730. The van der Waals surface area contributed by atoms with Gasteiger partial charge in [-0.05, 0) is 66.7 Å². The maximum absolute atomic E-state index is 13.3. The number of anilines is 1. The van der Waals surface area contributed by atoms with E-state index in [0.717, 1.165) is 40.7 Å². The highest BCUT2D eigenvalue weighted by Gasteiger charge is 2.36. The van der Waals surface area contributed by atoms with Crippen molar-refractivity contribution in [1.29, 1.82) is 0 Å². The summed E-state index contributed by atoms with van der Waals surface area (Å²) in [6, 6.07) is 15.9. The Kier molecular flexibility index (Phi) is 8.14. The molecule has 1 saturated heterocycles. The van der Waals surface area contributed by atoms with Gasteiger partial charge in [-0.3, -0.25) is 24.7 Å². The predicted molar refractivity (Wildman–Crippen MR) is 158 cm³/mol. The fraction of sp³-hybridized carbons (Fsp3) is 0.219. The molecule has 42 heavy (non-hydrogen) atoms. The van der Waals surface area contributed by atoms with Crippen molar-refractivity contribution >= 4 is 29.6 Å². The first-order valence-electron chi connectivity index (χ1n) is 13.7. The lowest BCUT2D eigenvalue weighted by Gasteiger charge is -2.27. The summed E-state index contributed by atoms with van der Waals surface area (Å²) in [5.74, 6) is -1.46. The number of urea groups is 1. The standard InChI is InChI=1S/C32H30N4O6/c1-20-12-14-21(15-13-20)22(16-18-25-27(37)33-31(41)35(29(25)39)23-8-4-2-5-9-23)17-19-26-28(38)34-32(42)36(30(26)40)24-10-6-3-7-11-24/h2-11,16-21,39H,12-15H2,1H3,(H,33,37,41)(H,34,38,42)/b18-16+,22-17-,26-19-. The van der Waals surface area contributed by atoms with Gasteiger partial charge in [0.1, 0.15) is 11.1 Å². The van der Waals surface area contributed by atoms with Crippen LogP contribution in [-0.2, 0) is 9.59 Å². The number of carbonyl (C=O) groups is 3. The molecular weight excluding hydrogens is 536 g/mol. The number of para-hydroxylation sites is 2. The molecule has 2 fully saturated rings. The van der Waals surface area contributed by atoms with E-state index in [9.17, 15) is 29.1 Å². The van der Waals surface area contributed by atoms with Crippen LogP contribution in [0.4, 0.5) is 10.5 Å². The van der Waals surface area contributed by atoms with Crippen LogP contribution >= 0.6 is 0 Å². The van der Waals surface area contributed by atoms with E-state index in [1.54, 1.807) is 72.8 Å². The second-order valence-corrected chi connectivity index (χ2v) is 10.4. The number of aromatic nitrogens is 2. The third-order valence-corrected chi connectivity index (χ3v) is 7.62. The van der Waals surface area contributed by atoms with Gasteiger partial charge in [-0.2, -0.15) is 0 Å². The minimum atomic E-state index is -0.832. The van der Waals surface area contributed by atoms with E-state index in [4.69, 9.17) is 0 Å².